The molecule has 0 saturated heterocycles. The molecule has 0 fully saturated rings. The zero-order valence-corrected chi connectivity index (χ0v) is 22.4. The number of ether oxygens (including phenoxy) is 2. The highest BCUT2D eigenvalue weighted by molar-refractivity contribution is 7.12. The Morgan fingerprint density at radius 2 is 2.05 bits per heavy atom. The number of aromatic nitrogens is 4. The molecule has 6 rings (SSSR count). The molecule has 0 amide bonds. The van der Waals surface area contributed by atoms with E-state index in [0.29, 0.717) is 47.1 Å². The summed E-state index contributed by atoms with van der Waals surface area (Å²) in [6.45, 7) is 6.15. The van der Waals surface area contributed by atoms with E-state index in [1.54, 1.807) is 29.3 Å². The highest BCUT2D eigenvalue weighted by Crippen LogP contribution is 2.50. The summed E-state index contributed by atoms with van der Waals surface area (Å²) in [6.07, 6.45) is 2.68. The number of carbonyl (C=O) groups is 1. The zero-order chi connectivity index (χ0) is 26.4. The molecule has 3 aromatic heterocycles. The molecule has 0 bridgehead atoms. The van der Waals surface area contributed by atoms with Crippen LogP contribution in [0.5, 0.6) is 11.6 Å². The minimum Gasteiger partial charge on any atom is -0.497 e. The monoisotopic (exact) mass is 529 g/mol. The van der Waals surface area contributed by atoms with Crippen molar-refractivity contribution in [1.82, 2.24) is 19.6 Å². The predicted molar refractivity (Wildman–Crippen MR) is 143 cm³/mol. The maximum Gasteiger partial charge on any atom is 0.228 e. The fraction of sp³-hybridized carbons (Fsp3) is 0.321. The number of allylic oxidation sites excluding steroid dienone is 2. The molecule has 1 atom stereocenters. The maximum atomic E-state index is 13.5. The molecule has 2 aliphatic rings. The van der Waals surface area contributed by atoms with Gasteiger partial charge in [-0.25, -0.2) is 14.5 Å². The number of oxime groups is 1. The summed E-state index contributed by atoms with van der Waals surface area (Å²) >= 11 is 1.60. The average molecular weight is 530 g/mol. The lowest BCUT2D eigenvalue weighted by Crippen LogP contribution is -2.33. The second-order valence-electron chi connectivity index (χ2n) is 10.3. The van der Waals surface area contributed by atoms with Gasteiger partial charge in [0.2, 0.25) is 5.88 Å². The Bertz CT molecular complexity index is 1590. The van der Waals surface area contributed by atoms with Crippen molar-refractivity contribution in [2.45, 2.75) is 46.1 Å². The number of fused-ring (bicyclic) bond motifs is 3. The molecule has 10 heteroatoms. The van der Waals surface area contributed by atoms with Crippen molar-refractivity contribution in [1.29, 1.82) is 0 Å². The lowest BCUT2D eigenvalue weighted by Gasteiger charge is -2.37. The van der Waals surface area contributed by atoms with Crippen LogP contribution >= 0.6 is 11.3 Å². The summed E-state index contributed by atoms with van der Waals surface area (Å²) in [7, 11) is 1.63. The molecule has 0 radical (unpaired) electrons. The fourth-order valence-electron chi connectivity index (χ4n) is 5.10. The van der Waals surface area contributed by atoms with Crippen molar-refractivity contribution in [2.24, 2.45) is 10.6 Å². The first kappa shape index (κ1) is 24.3. The van der Waals surface area contributed by atoms with Gasteiger partial charge in [0.1, 0.15) is 17.8 Å². The average Bonchev–Trinajstić information content (AvgIpc) is 3.57. The molecule has 4 aromatic rings. The van der Waals surface area contributed by atoms with Gasteiger partial charge in [0, 0.05) is 24.3 Å². The largest absolute Gasteiger partial charge is 0.497 e. The van der Waals surface area contributed by atoms with E-state index in [1.165, 1.54) is 0 Å². The van der Waals surface area contributed by atoms with Gasteiger partial charge in [0.05, 0.1) is 23.3 Å². The lowest BCUT2D eigenvalue weighted by molar-refractivity contribution is -0.118. The number of carbonyl (C=O) groups excluding carboxylic acids is 1. The van der Waals surface area contributed by atoms with Crippen molar-refractivity contribution in [3.63, 3.8) is 0 Å². The standard InChI is InChI=1S/C28H27N5O4S/c1-16(21-6-5-11-38-21)32-36-14-22-30-26-25-23(17-7-9-18(35-4)10-8-17)24-19(34)12-28(2,3)13-20(24)37-27(25)29-15-33(26)31-22/h5-11,15,23H,12-14H2,1-4H3. The zero-order valence-electron chi connectivity index (χ0n) is 21.6. The molecule has 9 nitrogen and oxygen atoms in total. The van der Waals surface area contributed by atoms with Gasteiger partial charge in [-0.3, -0.25) is 4.79 Å². The number of thiophene rings is 1. The Balaban J connectivity index is 1.42. The van der Waals surface area contributed by atoms with Gasteiger partial charge in [0.15, 0.2) is 23.9 Å². The number of nitrogens with zero attached hydrogens (tertiary/aromatic N) is 5. The number of benzene rings is 1. The number of Topliss-reactive ketones (excluding diaryl/α,β-unsaturated/α-hetero) is 1. The molecule has 1 aliphatic carbocycles. The van der Waals surface area contributed by atoms with Crippen LogP contribution in [0.3, 0.4) is 0 Å². The van der Waals surface area contributed by atoms with Gasteiger partial charge in [0.25, 0.3) is 0 Å². The van der Waals surface area contributed by atoms with Crippen molar-refractivity contribution in [3.05, 3.63) is 81.3 Å². The molecule has 0 spiro atoms. The molecule has 1 aliphatic heterocycles. The molecule has 0 saturated carbocycles. The second-order valence-corrected chi connectivity index (χ2v) is 11.2. The van der Waals surface area contributed by atoms with Crippen LogP contribution in [0.4, 0.5) is 0 Å². The summed E-state index contributed by atoms with van der Waals surface area (Å²) in [4.78, 5) is 29.5. The second kappa shape index (κ2) is 9.36. The molecule has 194 valence electrons. The quantitative estimate of drug-likeness (QED) is 0.247. The SMILES string of the molecule is COc1ccc(C2C3=C(CC(C)(C)CC3=O)Oc3ncn4nc(CON=C(C)c5cccs5)nc4c32)cc1. The van der Waals surface area contributed by atoms with Gasteiger partial charge in [-0.05, 0) is 41.5 Å². The van der Waals surface area contributed by atoms with Crippen LogP contribution < -0.4 is 9.47 Å². The number of hydrogen-bond donors (Lipinski definition) is 0. The van der Waals surface area contributed by atoms with Gasteiger partial charge in [-0.15, -0.1) is 16.4 Å². The first-order valence-corrected chi connectivity index (χ1v) is 13.2. The van der Waals surface area contributed by atoms with Crippen LogP contribution in [0.25, 0.3) is 5.65 Å². The number of rotatable bonds is 6. The van der Waals surface area contributed by atoms with E-state index in [9.17, 15) is 4.79 Å². The minimum absolute atomic E-state index is 0.0752. The summed E-state index contributed by atoms with van der Waals surface area (Å²) in [5, 5.41) is 10.8. The number of hydrogen-bond acceptors (Lipinski definition) is 9. The molecule has 1 unspecified atom stereocenters. The molecule has 1 aromatic carbocycles. The summed E-state index contributed by atoms with van der Waals surface area (Å²) in [5.41, 5.74) is 3.47. The van der Waals surface area contributed by atoms with Gasteiger partial charge in [-0.1, -0.05) is 37.2 Å². The molecule has 4 heterocycles. The third kappa shape index (κ3) is 4.34. The van der Waals surface area contributed by atoms with E-state index < -0.39 is 5.92 Å². The van der Waals surface area contributed by atoms with Gasteiger partial charge >= 0.3 is 0 Å². The lowest BCUT2D eigenvalue weighted by atomic mass is 9.70. The predicted octanol–water partition coefficient (Wildman–Crippen LogP) is 5.30. The van der Waals surface area contributed by atoms with Crippen molar-refractivity contribution < 1.29 is 19.1 Å². The van der Waals surface area contributed by atoms with Crippen molar-refractivity contribution in [3.8, 4) is 11.6 Å². The van der Waals surface area contributed by atoms with Crippen molar-refractivity contribution >= 4 is 28.5 Å². The summed E-state index contributed by atoms with van der Waals surface area (Å²) < 4.78 is 13.3. The maximum absolute atomic E-state index is 13.5. The summed E-state index contributed by atoms with van der Waals surface area (Å²) in [5.74, 6) is 1.99. The van der Waals surface area contributed by atoms with Crippen LogP contribution in [0.1, 0.15) is 61.4 Å². The van der Waals surface area contributed by atoms with Crippen LogP contribution in [-0.4, -0.2) is 38.2 Å². The summed E-state index contributed by atoms with van der Waals surface area (Å²) in [6, 6.07) is 11.7. The normalized spacial score (nSPS) is 18.7. The molecular formula is C28H27N5O4S. The Hall–Kier alpha value is -4.05. The topological polar surface area (TPSA) is 100 Å². The number of ketones is 1. The van der Waals surface area contributed by atoms with Gasteiger partial charge in [-0.2, -0.15) is 0 Å². The third-order valence-corrected chi connectivity index (χ3v) is 7.81. The minimum atomic E-state index is -0.392. The van der Waals surface area contributed by atoms with E-state index >= 15 is 0 Å². The van der Waals surface area contributed by atoms with E-state index in [4.69, 9.17) is 19.3 Å². The first-order chi connectivity index (χ1) is 18.3. The first-order valence-electron chi connectivity index (χ1n) is 12.4. The Morgan fingerprint density at radius 1 is 1.24 bits per heavy atom. The van der Waals surface area contributed by atoms with Crippen molar-refractivity contribution in [2.75, 3.05) is 7.11 Å². The third-order valence-electron chi connectivity index (χ3n) is 6.83. The van der Waals surface area contributed by atoms with E-state index in [-0.39, 0.29) is 17.8 Å². The van der Waals surface area contributed by atoms with E-state index in [2.05, 4.69) is 29.1 Å². The Morgan fingerprint density at radius 3 is 2.79 bits per heavy atom. The smallest absolute Gasteiger partial charge is 0.228 e. The van der Waals surface area contributed by atoms with Crippen LogP contribution in [-0.2, 0) is 16.2 Å². The van der Waals surface area contributed by atoms with Crippen LogP contribution in [0.2, 0.25) is 0 Å². The van der Waals surface area contributed by atoms with Crippen LogP contribution in [0.15, 0.2) is 64.6 Å². The Labute approximate surface area is 223 Å². The number of methoxy groups -OCH3 is 1. The molecule has 38 heavy (non-hydrogen) atoms. The van der Waals surface area contributed by atoms with E-state index in [0.717, 1.165) is 21.9 Å². The van der Waals surface area contributed by atoms with E-state index in [1.807, 2.05) is 48.7 Å². The highest BCUT2D eigenvalue weighted by Gasteiger charge is 2.44. The Kier molecular flexibility index (Phi) is 5.98. The molecule has 0 N–H and O–H groups in total. The van der Waals surface area contributed by atoms with Crippen LogP contribution in [0, 0.1) is 5.41 Å². The molecular weight excluding hydrogens is 502 g/mol. The fourth-order valence-corrected chi connectivity index (χ4v) is 5.77. The van der Waals surface area contributed by atoms with Gasteiger partial charge < -0.3 is 14.3 Å². The highest BCUT2D eigenvalue weighted by atomic mass is 32.1.